The molecule has 1 aliphatic carbocycles. The van der Waals surface area contributed by atoms with Crippen molar-refractivity contribution in [2.24, 2.45) is 0 Å². The predicted octanol–water partition coefficient (Wildman–Crippen LogP) is 13.9. The number of furan rings is 1. The molecule has 1 atom stereocenters. The summed E-state index contributed by atoms with van der Waals surface area (Å²) in [7, 11) is 0. The molecule has 0 saturated carbocycles. The van der Waals surface area contributed by atoms with Crippen molar-refractivity contribution in [3.63, 3.8) is 0 Å². The molecule has 0 N–H and O–H groups in total. The summed E-state index contributed by atoms with van der Waals surface area (Å²) in [6.07, 6.45) is 5.29. The molecule has 0 saturated heterocycles. The van der Waals surface area contributed by atoms with Crippen molar-refractivity contribution in [2.75, 3.05) is 0 Å². The van der Waals surface area contributed by atoms with Crippen LogP contribution in [0.4, 0.5) is 0 Å². The largest absolute Gasteiger partial charge is 0.456 e. The lowest BCUT2D eigenvalue weighted by molar-refractivity contribution is 0.589. The van der Waals surface area contributed by atoms with Crippen molar-refractivity contribution in [3.8, 4) is 56.4 Å². The van der Waals surface area contributed by atoms with E-state index in [1.165, 1.54) is 42.4 Å². The SMILES string of the molecule is C1=Cc2oc3ccc(-c4cccc(-c5nc(-c6ccccc6)nc(-c6ccccc6)n5)c4)cc3c2C(c2ccc(-c3ccc4sc5ccccc5c4c3)cc2)C1. The van der Waals surface area contributed by atoms with E-state index in [1.54, 1.807) is 0 Å². The molecule has 3 heterocycles. The van der Waals surface area contributed by atoms with Crippen LogP contribution < -0.4 is 0 Å². The third kappa shape index (κ3) is 5.72. The molecule has 3 aromatic heterocycles. The summed E-state index contributed by atoms with van der Waals surface area (Å²) in [5, 5.41) is 3.79. The van der Waals surface area contributed by atoms with E-state index in [9.17, 15) is 0 Å². The molecule has 5 heteroatoms. The molecule has 1 aliphatic rings. The van der Waals surface area contributed by atoms with Gasteiger partial charge in [-0.3, -0.25) is 0 Å². The van der Waals surface area contributed by atoms with E-state index in [0.29, 0.717) is 17.5 Å². The van der Waals surface area contributed by atoms with Crippen LogP contribution in [0.3, 0.4) is 0 Å². The Bertz CT molecular complexity index is 3050. The summed E-state index contributed by atoms with van der Waals surface area (Å²) >= 11 is 1.86. The van der Waals surface area contributed by atoms with Crippen LogP contribution in [-0.2, 0) is 0 Å². The Morgan fingerprint density at radius 1 is 0.446 bits per heavy atom. The van der Waals surface area contributed by atoms with Gasteiger partial charge in [0.1, 0.15) is 11.3 Å². The summed E-state index contributed by atoms with van der Waals surface area (Å²) in [5.41, 5.74) is 10.9. The minimum Gasteiger partial charge on any atom is -0.456 e. The fourth-order valence-corrected chi connectivity index (χ4v) is 9.21. The molecule has 0 amide bonds. The van der Waals surface area contributed by atoms with Gasteiger partial charge in [-0.1, -0.05) is 140 Å². The van der Waals surface area contributed by atoms with Crippen LogP contribution >= 0.6 is 11.3 Å². The van der Waals surface area contributed by atoms with Crippen molar-refractivity contribution in [1.29, 1.82) is 0 Å². The zero-order chi connectivity index (χ0) is 37.0. The molecular weight excluding hydrogens is 703 g/mol. The zero-order valence-corrected chi connectivity index (χ0v) is 31.1. The second-order valence-corrected chi connectivity index (χ2v) is 15.4. The average Bonchev–Trinajstić information content (AvgIpc) is 3.85. The van der Waals surface area contributed by atoms with Crippen LogP contribution in [0.1, 0.15) is 29.2 Å². The second-order valence-electron chi connectivity index (χ2n) is 14.3. The first-order valence-corrected chi connectivity index (χ1v) is 19.8. The van der Waals surface area contributed by atoms with Gasteiger partial charge in [0.2, 0.25) is 0 Å². The summed E-state index contributed by atoms with van der Waals surface area (Å²) in [6.45, 7) is 0. The van der Waals surface area contributed by atoms with E-state index in [0.717, 1.165) is 51.0 Å². The van der Waals surface area contributed by atoms with E-state index in [2.05, 4.69) is 121 Å². The van der Waals surface area contributed by atoms with Crippen molar-refractivity contribution < 1.29 is 4.42 Å². The average molecular weight is 736 g/mol. The molecule has 7 aromatic carbocycles. The van der Waals surface area contributed by atoms with Gasteiger partial charge in [0.25, 0.3) is 0 Å². The molecule has 1 unspecified atom stereocenters. The highest BCUT2D eigenvalue weighted by Crippen LogP contribution is 2.44. The highest BCUT2D eigenvalue weighted by atomic mass is 32.1. The normalized spacial score (nSPS) is 13.8. The van der Waals surface area contributed by atoms with Crippen LogP contribution in [0.5, 0.6) is 0 Å². The molecule has 264 valence electrons. The Kier molecular flexibility index (Phi) is 7.78. The fraction of sp³-hybridized carbons (Fsp3) is 0.0392. The lowest BCUT2D eigenvalue weighted by atomic mass is 9.83. The van der Waals surface area contributed by atoms with Crippen LogP contribution in [-0.4, -0.2) is 15.0 Å². The third-order valence-corrected chi connectivity index (χ3v) is 12.1. The lowest BCUT2D eigenvalue weighted by Gasteiger charge is -2.19. The smallest absolute Gasteiger partial charge is 0.164 e. The summed E-state index contributed by atoms with van der Waals surface area (Å²) in [5.74, 6) is 3.06. The molecule has 0 bridgehead atoms. The summed E-state index contributed by atoms with van der Waals surface area (Å²) < 4.78 is 9.14. The third-order valence-electron chi connectivity index (χ3n) is 10.9. The van der Waals surface area contributed by atoms with Gasteiger partial charge >= 0.3 is 0 Å². The maximum absolute atomic E-state index is 6.49. The molecule has 0 aliphatic heterocycles. The molecule has 4 nitrogen and oxygen atoms in total. The number of nitrogens with zero attached hydrogens (tertiary/aromatic N) is 3. The fourth-order valence-electron chi connectivity index (χ4n) is 8.12. The number of hydrogen-bond acceptors (Lipinski definition) is 5. The Labute approximate surface area is 328 Å². The minimum atomic E-state index is 0.188. The van der Waals surface area contributed by atoms with Crippen molar-refractivity contribution >= 4 is 48.6 Å². The van der Waals surface area contributed by atoms with Gasteiger partial charge in [0.05, 0.1) is 0 Å². The highest BCUT2D eigenvalue weighted by molar-refractivity contribution is 7.25. The van der Waals surface area contributed by atoms with Crippen LogP contribution in [0.2, 0.25) is 0 Å². The lowest BCUT2D eigenvalue weighted by Crippen LogP contribution is -2.04. The first-order valence-electron chi connectivity index (χ1n) is 18.9. The van der Waals surface area contributed by atoms with Gasteiger partial charge in [-0.2, -0.15) is 0 Å². The minimum absolute atomic E-state index is 0.188. The van der Waals surface area contributed by atoms with Gasteiger partial charge in [-0.15, -0.1) is 11.3 Å². The zero-order valence-electron chi connectivity index (χ0n) is 30.3. The van der Waals surface area contributed by atoms with E-state index >= 15 is 0 Å². The molecule has 0 spiro atoms. The number of fused-ring (bicyclic) bond motifs is 6. The second kappa shape index (κ2) is 13.4. The molecule has 0 fully saturated rings. The molecule has 0 radical (unpaired) electrons. The van der Waals surface area contributed by atoms with Crippen LogP contribution in [0.25, 0.3) is 93.6 Å². The molecule has 10 aromatic rings. The Morgan fingerprint density at radius 2 is 1.02 bits per heavy atom. The van der Waals surface area contributed by atoms with Crippen molar-refractivity contribution in [1.82, 2.24) is 15.0 Å². The number of aromatic nitrogens is 3. The van der Waals surface area contributed by atoms with E-state index in [-0.39, 0.29) is 5.92 Å². The number of benzene rings is 7. The van der Waals surface area contributed by atoms with E-state index in [1.807, 2.05) is 72.0 Å². The molecule has 11 rings (SSSR count). The van der Waals surface area contributed by atoms with Gasteiger partial charge in [-0.05, 0) is 76.7 Å². The van der Waals surface area contributed by atoms with Gasteiger partial charge in [-0.25, -0.2) is 15.0 Å². The molecular formula is C51H33N3OS. The number of hydrogen-bond donors (Lipinski definition) is 0. The Balaban J connectivity index is 0.946. The van der Waals surface area contributed by atoms with Gasteiger partial charge in [0.15, 0.2) is 17.5 Å². The number of allylic oxidation sites excluding steroid dienone is 1. The Hall–Kier alpha value is -6.95. The maximum Gasteiger partial charge on any atom is 0.164 e. The molecule has 56 heavy (non-hydrogen) atoms. The van der Waals surface area contributed by atoms with Crippen molar-refractivity contribution in [2.45, 2.75) is 12.3 Å². The number of thiophene rings is 1. The van der Waals surface area contributed by atoms with Gasteiger partial charge in [0, 0.05) is 53.7 Å². The maximum atomic E-state index is 6.49. The van der Waals surface area contributed by atoms with Crippen molar-refractivity contribution in [3.05, 3.63) is 193 Å². The summed E-state index contributed by atoms with van der Waals surface area (Å²) in [4.78, 5) is 14.8. The first-order chi connectivity index (χ1) is 27.7. The Morgan fingerprint density at radius 3 is 1.79 bits per heavy atom. The van der Waals surface area contributed by atoms with Crippen LogP contribution in [0, 0.1) is 0 Å². The van der Waals surface area contributed by atoms with E-state index < -0.39 is 0 Å². The predicted molar refractivity (Wildman–Crippen MR) is 232 cm³/mol. The number of rotatable bonds is 6. The van der Waals surface area contributed by atoms with Gasteiger partial charge < -0.3 is 4.42 Å². The topological polar surface area (TPSA) is 51.8 Å². The standard InChI is InChI=1S/C51H33N3OS/c1-3-11-34(12-4-1)49-52-50(35-13-5-2-6-14-35)54-51(53-49)39-16-9-15-36(29-39)38-25-27-44-43(31-38)48-40(18-10-19-45(48)55-44)33-23-21-32(22-24-33)37-26-28-47-42(30-37)41-17-7-8-20-46(41)56-47/h1-17,19-31,40H,18H2. The highest BCUT2D eigenvalue weighted by Gasteiger charge is 2.26. The summed E-state index contributed by atoms with van der Waals surface area (Å²) in [6, 6.07) is 59.9. The first kappa shape index (κ1) is 32.5. The quantitative estimate of drug-likeness (QED) is 0.171. The van der Waals surface area contributed by atoms with E-state index in [4.69, 9.17) is 19.4 Å². The monoisotopic (exact) mass is 735 g/mol. The van der Waals surface area contributed by atoms with Crippen LogP contribution in [0.15, 0.2) is 180 Å².